The molecule has 90 valence electrons. The van der Waals surface area contributed by atoms with Crippen LogP contribution in [0.5, 0.6) is 0 Å². The van der Waals surface area contributed by atoms with Crippen molar-refractivity contribution in [3.8, 4) is 0 Å². The first kappa shape index (κ1) is 12.9. The van der Waals surface area contributed by atoms with Gasteiger partial charge in [0.25, 0.3) is 0 Å². The van der Waals surface area contributed by atoms with Crippen LogP contribution < -0.4 is 10.5 Å². The molecule has 0 amide bonds. The Labute approximate surface area is 94.7 Å². The first-order valence-electron chi connectivity index (χ1n) is 4.97. The average Bonchev–Trinajstić information content (AvgIpc) is 2.18. The maximum absolute atomic E-state index is 12.8. The van der Waals surface area contributed by atoms with E-state index < -0.39 is 21.1 Å². The van der Waals surface area contributed by atoms with Gasteiger partial charge in [0.15, 0.2) is 0 Å². The van der Waals surface area contributed by atoms with Crippen molar-refractivity contribution in [3.05, 3.63) is 30.1 Å². The lowest BCUT2D eigenvalue weighted by Crippen LogP contribution is -2.33. The van der Waals surface area contributed by atoms with Gasteiger partial charge in [-0.2, -0.15) is 0 Å². The number of nitrogens with one attached hydrogen (secondary N) is 1. The first-order chi connectivity index (χ1) is 7.49. The van der Waals surface area contributed by atoms with E-state index in [0.29, 0.717) is 6.42 Å². The molecule has 0 aliphatic carbocycles. The number of rotatable bonds is 5. The van der Waals surface area contributed by atoms with Crippen LogP contribution in [0.25, 0.3) is 0 Å². The monoisotopic (exact) mass is 246 g/mol. The van der Waals surface area contributed by atoms with Crippen molar-refractivity contribution >= 4 is 15.7 Å². The fourth-order valence-corrected chi connectivity index (χ4v) is 2.63. The van der Waals surface area contributed by atoms with Crippen molar-refractivity contribution in [2.75, 3.05) is 11.3 Å². The molecule has 0 heterocycles. The summed E-state index contributed by atoms with van der Waals surface area (Å²) < 4.78 is 38.7. The molecule has 4 nitrogen and oxygen atoms in total. The Kier molecular flexibility index (Phi) is 4.26. The van der Waals surface area contributed by atoms with Crippen molar-refractivity contribution in [2.45, 2.75) is 18.6 Å². The summed E-state index contributed by atoms with van der Waals surface area (Å²) in [4.78, 5) is 0. The molecule has 0 spiro atoms. The molecule has 0 aliphatic rings. The van der Waals surface area contributed by atoms with Gasteiger partial charge in [-0.3, -0.25) is 4.72 Å². The van der Waals surface area contributed by atoms with E-state index in [1.54, 1.807) is 6.92 Å². The minimum Gasteiger partial charge on any atom is -0.329 e. The van der Waals surface area contributed by atoms with E-state index in [2.05, 4.69) is 4.72 Å². The molecule has 0 fully saturated rings. The van der Waals surface area contributed by atoms with Gasteiger partial charge in [0.2, 0.25) is 10.0 Å². The zero-order valence-electron chi connectivity index (χ0n) is 8.98. The van der Waals surface area contributed by atoms with Gasteiger partial charge in [-0.05, 0) is 24.6 Å². The van der Waals surface area contributed by atoms with Gasteiger partial charge in [-0.1, -0.05) is 13.0 Å². The van der Waals surface area contributed by atoms with Crippen LogP contribution in [-0.4, -0.2) is 20.2 Å². The van der Waals surface area contributed by atoms with Gasteiger partial charge >= 0.3 is 0 Å². The third-order valence-electron chi connectivity index (χ3n) is 2.24. The van der Waals surface area contributed by atoms with Crippen LogP contribution in [0.3, 0.4) is 0 Å². The summed E-state index contributed by atoms with van der Waals surface area (Å²) in [6, 6.07) is 5.30. The summed E-state index contributed by atoms with van der Waals surface area (Å²) in [5.41, 5.74) is 5.57. The van der Waals surface area contributed by atoms with Crippen LogP contribution in [0.4, 0.5) is 10.1 Å². The topological polar surface area (TPSA) is 72.2 Å². The Morgan fingerprint density at radius 3 is 2.69 bits per heavy atom. The Morgan fingerprint density at radius 1 is 1.50 bits per heavy atom. The number of sulfonamides is 1. The van der Waals surface area contributed by atoms with E-state index >= 15 is 0 Å². The van der Waals surface area contributed by atoms with Gasteiger partial charge in [-0.15, -0.1) is 0 Å². The average molecular weight is 246 g/mol. The highest BCUT2D eigenvalue weighted by Crippen LogP contribution is 2.14. The number of hydrogen-bond acceptors (Lipinski definition) is 3. The lowest BCUT2D eigenvalue weighted by molar-refractivity contribution is 0.581. The SMILES string of the molecule is CCC(CN)S(=O)(=O)Nc1cccc(F)c1. The molecule has 1 unspecified atom stereocenters. The Morgan fingerprint density at radius 2 is 2.19 bits per heavy atom. The standard InChI is InChI=1S/C10H15FN2O2S/c1-2-10(7-12)16(14,15)13-9-5-3-4-8(11)6-9/h3-6,10,13H,2,7,12H2,1H3. The zero-order valence-corrected chi connectivity index (χ0v) is 9.80. The number of halogens is 1. The Hall–Kier alpha value is -1.14. The summed E-state index contributed by atoms with van der Waals surface area (Å²) in [5, 5.41) is -0.657. The smallest absolute Gasteiger partial charge is 0.236 e. The van der Waals surface area contributed by atoms with E-state index in [1.165, 1.54) is 18.2 Å². The summed E-state index contributed by atoms with van der Waals surface area (Å²) >= 11 is 0. The maximum atomic E-state index is 12.8. The van der Waals surface area contributed by atoms with Crippen LogP contribution >= 0.6 is 0 Å². The van der Waals surface area contributed by atoms with E-state index in [9.17, 15) is 12.8 Å². The number of benzene rings is 1. The van der Waals surface area contributed by atoms with Crippen LogP contribution in [0.2, 0.25) is 0 Å². The minimum absolute atomic E-state index is 0.0428. The lowest BCUT2D eigenvalue weighted by atomic mass is 10.3. The maximum Gasteiger partial charge on any atom is 0.236 e. The summed E-state index contributed by atoms with van der Waals surface area (Å²) in [6.07, 6.45) is 0.418. The second-order valence-electron chi connectivity index (χ2n) is 3.42. The van der Waals surface area contributed by atoms with Gasteiger partial charge in [0.1, 0.15) is 5.82 Å². The predicted molar refractivity (Wildman–Crippen MR) is 62.1 cm³/mol. The second-order valence-corrected chi connectivity index (χ2v) is 5.38. The normalized spacial score (nSPS) is 13.4. The Balaban J connectivity index is 2.88. The van der Waals surface area contributed by atoms with Crippen molar-refractivity contribution in [3.63, 3.8) is 0 Å². The van der Waals surface area contributed by atoms with Crippen LogP contribution in [0.15, 0.2) is 24.3 Å². The number of anilines is 1. The van der Waals surface area contributed by atoms with Gasteiger partial charge in [0, 0.05) is 6.54 Å². The largest absolute Gasteiger partial charge is 0.329 e. The molecule has 3 N–H and O–H groups in total. The molecule has 1 atom stereocenters. The van der Waals surface area contributed by atoms with Crippen LogP contribution in [0, 0.1) is 5.82 Å². The summed E-state index contributed by atoms with van der Waals surface area (Å²) in [5.74, 6) is -0.485. The highest BCUT2D eigenvalue weighted by molar-refractivity contribution is 7.93. The van der Waals surface area contributed by atoms with E-state index in [0.717, 1.165) is 6.07 Å². The quantitative estimate of drug-likeness (QED) is 0.822. The predicted octanol–water partition coefficient (Wildman–Crippen LogP) is 1.30. The molecular formula is C10H15FN2O2S. The minimum atomic E-state index is -3.53. The summed E-state index contributed by atoms with van der Waals surface area (Å²) in [7, 11) is -3.53. The number of nitrogens with two attached hydrogens (primary N) is 1. The van der Waals surface area contributed by atoms with E-state index in [-0.39, 0.29) is 12.2 Å². The molecule has 16 heavy (non-hydrogen) atoms. The fourth-order valence-electron chi connectivity index (χ4n) is 1.31. The molecule has 0 bridgehead atoms. The molecule has 0 aliphatic heterocycles. The summed E-state index contributed by atoms with van der Waals surface area (Å²) in [6.45, 7) is 1.78. The highest BCUT2D eigenvalue weighted by Gasteiger charge is 2.22. The van der Waals surface area contributed by atoms with Crippen molar-refractivity contribution in [1.29, 1.82) is 0 Å². The molecule has 1 aromatic rings. The van der Waals surface area contributed by atoms with Crippen LogP contribution in [0.1, 0.15) is 13.3 Å². The third kappa shape index (κ3) is 3.18. The molecule has 0 saturated carbocycles. The molecule has 1 aromatic carbocycles. The number of hydrogen-bond donors (Lipinski definition) is 2. The fraction of sp³-hybridized carbons (Fsp3) is 0.400. The second kappa shape index (κ2) is 5.27. The van der Waals surface area contributed by atoms with Crippen molar-refractivity contribution < 1.29 is 12.8 Å². The molecule has 1 rings (SSSR count). The van der Waals surface area contributed by atoms with Crippen molar-refractivity contribution in [2.24, 2.45) is 5.73 Å². The molecule has 6 heteroatoms. The Bertz CT molecular complexity index is 444. The molecule has 0 aromatic heterocycles. The van der Waals surface area contributed by atoms with E-state index in [4.69, 9.17) is 5.73 Å². The highest BCUT2D eigenvalue weighted by atomic mass is 32.2. The van der Waals surface area contributed by atoms with Crippen LogP contribution in [-0.2, 0) is 10.0 Å². The molecule has 0 saturated heterocycles. The third-order valence-corrected chi connectivity index (χ3v) is 4.17. The lowest BCUT2D eigenvalue weighted by Gasteiger charge is -2.15. The van der Waals surface area contributed by atoms with Gasteiger partial charge in [-0.25, -0.2) is 12.8 Å². The van der Waals surface area contributed by atoms with Crippen molar-refractivity contribution in [1.82, 2.24) is 0 Å². The zero-order chi connectivity index (χ0) is 12.2. The first-order valence-corrected chi connectivity index (χ1v) is 6.51. The molecule has 0 radical (unpaired) electrons. The van der Waals surface area contributed by atoms with Gasteiger partial charge in [0.05, 0.1) is 10.9 Å². The molecular weight excluding hydrogens is 231 g/mol. The van der Waals surface area contributed by atoms with Gasteiger partial charge < -0.3 is 5.73 Å². The van der Waals surface area contributed by atoms with E-state index in [1.807, 2.05) is 0 Å².